The first-order valence-corrected chi connectivity index (χ1v) is 8.41. The minimum Gasteiger partial charge on any atom is -0.462 e. The van der Waals surface area contributed by atoms with Gasteiger partial charge in [0.15, 0.2) is 11.6 Å². The van der Waals surface area contributed by atoms with E-state index in [9.17, 15) is 18.4 Å². The minimum atomic E-state index is -1.03. The standard InChI is InChI=1S/C22H16F2O4/c1-3-19(25)27-10-9-13-5-7-15-16-8-6-14(28-20(26)4-2)12-18(16)22(24)21(23)17(15)11-13/h3-8,11-12H,1-2,9-10H2. The Morgan fingerprint density at radius 2 is 1.46 bits per heavy atom. The largest absolute Gasteiger partial charge is 0.462 e. The van der Waals surface area contributed by atoms with Gasteiger partial charge in [0.1, 0.15) is 5.75 Å². The smallest absolute Gasteiger partial charge is 0.335 e. The van der Waals surface area contributed by atoms with E-state index < -0.39 is 23.6 Å². The van der Waals surface area contributed by atoms with Crippen LogP contribution in [0.3, 0.4) is 0 Å². The zero-order valence-electron chi connectivity index (χ0n) is 14.8. The van der Waals surface area contributed by atoms with E-state index >= 15 is 0 Å². The first-order chi connectivity index (χ1) is 13.4. The van der Waals surface area contributed by atoms with Crippen molar-refractivity contribution in [3.63, 3.8) is 0 Å². The summed E-state index contributed by atoms with van der Waals surface area (Å²) in [6.07, 6.45) is 2.39. The van der Waals surface area contributed by atoms with Gasteiger partial charge in [-0.25, -0.2) is 18.4 Å². The number of hydrogen-bond acceptors (Lipinski definition) is 4. The minimum absolute atomic E-state index is 0.00650. The SMILES string of the molecule is C=CC(=O)OCCc1ccc2c(c1)c(F)c(F)c1cc(OC(=O)C=C)ccc12. The third kappa shape index (κ3) is 3.76. The summed E-state index contributed by atoms with van der Waals surface area (Å²) in [6.45, 7) is 6.70. The molecule has 4 nitrogen and oxygen atoms in total. The van der Waals surface area contributed by atoms with Crippen LogP contribution in [0.2, 0.25) is 0 Å². The summed E-state index contributed by atoms with van der Waals surface area (Å²) < 4.78 is 39.2. The van der Waals surface area contributed by atoms with Gasteiger partial charge < -0.3 is 9.47 Å². The van der Waals surface area contributed by atoms with Crippen LogP contribution in [-0.2, 0) is 20.7 Å². The lowest BCUT2D eigenvalue weighted by Crippen LogP contribution is -2.04. The predicted molar refractivity (Wildman–Crippen MR) is 102 cm³/mol. The van der Waals surface area contributed by atoms with Crippen molar-refractivity contribution < 1.29 is 27.8 Å². The topological polar surface area (TPSA) is 52.6 Å². The maximum absolute atomic E-state index is 14.7. The number of esters is 2. The van der Waals surface area contributed by atoms with Crippen molar-refractivity contribution in [1.29, 1.82) is 0 Å². The molecule has 0 N–H and O–H groups in total. The summed E-state index contributed by atoms with van der Waals surface area (Å²) in [6, 6.07) is 9.31. The molecule has 0 atom stereocenters. The van der Waals surface area contributed by atoms with Gasteiger partial charge in [-0.1, -0.05) is 25.3 Å². The molecule has 0 saturated heterocycles. The first-order valence-electron chi connectivity index (χ1n) is 8.41. The van der Waals surface area contributed by atoms with Gasteiger partial charge in [-0.2, -0.15) is 0 Å². The number of fused-ring (bicyclic) bond motifs is 3. The molecule has 0 heterocycles. The molecule has 142 valence electrons. The zero-order valence-corrected chi connectivity index (χ0v) is 14.8. The van der Waals surface area contributed by atoms with Crippen molar-refractivity contribution in [1.82, 2.24) is 0 Å². The van der Waals surface area contributed by atoms with E-state index in [-0.39, 0.29) is 23.1 Å². The van der Waals surface area contributed by atoms with Crippen LogP contribution in [0.1, 0.15) is 5.56 Å². The van der Waals surface area contributed by atoms with Crippen LogP contribution in [0.5, 0.6) is 5.75 Å². The molecule has 3 rings (SSSR count). The van der Waals surface area contributed by atoms with Crippen molar-refractivity contribution in [2.75, 3.05) is 6.61 Å². The molecule has 0 fully saturated rings. The molecule has 6 heteroatoms. The zero-order chi connectivity index (χ0) is 20.3. The van der Waals surface area contributed by atoms with Gasteiger partial charge in [0.05, 0.1) is 6.61 Å². The highest BCUT2D eigenvalue weighted by molar-refractivity contribution is 6.08. The monoisotopic (exact) mass is 382 g/mol. The lowest BCUT2D eigenvalue weighted by atomic mass is 9.98. The van der Waals surface area contributed by atoms with E-state index in [1.807, 2.05) is 0 Å². The van der Waals surface area contributed by atoms with E-state index in [1.54, 1.807) is 18.2 Å². The predicted octanol–water partition coefficient (Wildman–Crippen LogP) is 4.63. The molecule has 0 aliphatic carbocycles. The quantitative estimate of drug-likeness (QED) is 0.270. The number of benzene rings is 3. The first kappa shape index (κ1) is 19.2. The van der Waals surface area contributed by atoms with E-state index in [0.29, 0.717) is 22.8 Å². The van der Waals surface area contributed by atoms with Crippen molar-refractivity contribution in [3.8, 4) is 5.75 Å². The van der Waals surface area contributed by atoms with Crippen molar-refractivity contribution in [2.45, 2.75) is 6.42 Å². The van der Waals surface area contributed by atoms with E-state index in [4.69, 9.17) is 9.47 Å². The van der Waals surface area contributed by atoms with Crippen LogP contribution < -0.4 is 4.74 Å². The highest BCUT2D eigenvalue weighted by atomic mass is 19.2. The summed E-state index contributed by atoms with van der Waals surface area (Å²) in [7, 11) is 0. The van der Waals surface area contributed by atoms with Crippen LogP contribution >= 0.6 is 0 Å². The van der Waals surface area contributed by atoms with Crippen LogP contribution in [0.4, 0.5) is 8.78 Å². The van der Waals surface area contributed by atoms with E-state index in [2.05, 4.69) is 13.2 Å². The van der Waals surface area contributed by atoms with E-state index in [0.717, 1.165) is 12.2 Å². The van der Waals surface area contributed by atoms with E-state index in [1.165, 1.54) is 18.2 Å². The fourth-order valence-electron chi connectivity index (χ4n) is 2.89. The Hall–Kier alpha value is -3.54. The molecule has 0 unspecified atom stereocenters. The molecular formula is C22H16F2O4. The molecule has 3 aromatic carbocycles. The molecule has 0 aliphatic heterocycles. The van der Waals surface area contributed by atoms with Crippen molar-refractivity contribution >= 4 is 33.5 Å². The van der Waals surface area contributed by atoms with Crippen molar-refractivity contribution in [3.05, 3.63) is 78.9 Å². The summed E-state index contributed by atoms with van der Waals surface area (Å²) >= 11 is 0. The molecule has 0 bridgehead atoms. The molecule has 0 aromatic heterocycles. The Morgan fingerprint density at radius 1 is 0.857 bits per heavy atom. The average molecular weight is 382 g/mol. The normalized spacial score (nSPS) is 10.6. The van der Waals surface area contributed by atoms with Gasteiger partial charge >= 0.3 is 11.9 Å². The Balaban J connectivity index is 2.02. The number of carbonyl (C=O) groups excluding carboxylic acids is 2. The maximum atomic E-state index is 14.7. The molecule has 28 heavy (non-hydrogen) atoms. The molecule has 0 amide bonds. The molecular weight excluding hydrogens is 366 g/mol. The third-order valence-corrected chi connectivity index (χ3v) is 4.22. The second-order valence-electron chi connectivity index (χ2n) is 5.96. The lowest BCUT2D eigenvalue weighted by Gasteiger charge is -2.11. The fourth-order valence-corrected chi connectivity index (χ4v) is 2.89. The summed E-state index contributed by atoms with van der Waals surface area (Å²) in [5.74, 6) is -3.18. The third-order valence-electron chi connectivity index (χ3n) is 4.22. The lowest BCUT2D eigenvalue weighted by molar-refractivity contribution is -0.137. The van der Waals surface area contributed by atoms with Gasteiger partial charge in [-0.3, -0.25) is 0 Å². The molecule has 3 aromatic rings. The Labute approximate surface area is 159 Å². The maximum Gasteiger partial charge on any atom is 0.335 e. The summed E-state index contributed by atoms with van der Waals surface area (Å²) in [4.78, 5) is 22.4. The van der Waals surface area contributed by atoms with Gasteiger partial charge in [-0.15, -0.1) is 0 Å². The molecule has 0 aliphatic rings. The number of carbonyl (C=O) groups is 2. The number of halogens is 2. The highest BCUT2D eigenvalue weighted by Gasteiger charge is 2.16. The molecule has 0 spiro atoms. The summed E-state index contributed by atoms with van der Waals surface area (Å²) in [5.41, 5.74) is 0.693. The van der Waals surface area contributed by atoms with Gasteiger partial charge in [-0.05, 0) is 40.6 Å². The number of hydrogen-bond donors (Lipinski definition) is 0. The van der Waals surface area contributed by atoms with Crippen LogP contribution in [-0.4, -0.2) is 18.5 Å². The van der Waals surface area contributed by atoms with Crippen LogP contribution in [0.15, 0.2) is 61.7 Å². The Morgan fingerprint density at radius 3 is 2.11 bits per heavy atom. The number of rotatable bonds is 6. The van der Waals surface area contributed by atoms with Gasteiger partial charge in [0.25, 0.3) is 0 Å². The fraction of sp³-hybridized carbons (Fsp3) is 0.0909. The second-order valence-corrected chi connectivity index (χ2v) is 5.96. The highest BCUT2D eigenvalue weighted by Crippen LogP contribution is 2.34. The van der Waals surface area contributed by atoms with Crippen LogP contribution in [0.25, 0.3) is 21.5 Å². The number of ether oxygens (including phenoxy) is 2. The van der Waals surface area contributed by atoms with Crippen LogP contribution in [0, 0.1) is 11.6 Å². The Kier molecular flexibility index (Phi) is 5.49. The van der Waals surface area contributed by atoms with Crippen molar-refractivity contribution in [2.24, 2.45) is 0 Å². The van der Waals surface area contributed by atoms with Gasteiger partial charge in [0.2, 0.25) is 0 Å². The Bertz CT molecular complexity index is 1120. The average Bonchev–Trinajstić information content (AvgIpc) is 2.71. The molecule has 0 saturated carbocycles. The second kappa shape index (κ2) is 8.00. The summed E-state index contributed by atoms with van der Waals surface area (Å²) in [5, 5.41) is 1.12. The van der Waals surface area contributed by atoms with Gasteiger partial charge in [0, 0.05) is 29.3 Å². The molecule has 0 radical (unpaired) electrons.